The Morgan fingerprint density at radius 3 is 2.53 bits per heavy atom. The Hall–Kier alpha value is -0.790. The molecule has 0 spiro atoms. The molecule has 0 aromatic heterocycles. The Morgan fingerprint density at radius 2 is 2.00 bits per heavy atom. The first-order valence-electron chi connectivity index (χ1n) is 5.82. The van der Waals surface area contributed by atoms with Crippen LogP contribution in [-0.4, -0.2) is 11.1 Å². The normalized spacial score (nSPS) is 26.3. The van der Waals surface area contributed by atoms with E-state index >= 15 is 0 Å². The highest BCUT2D eigenvalue weighted by atomic mass is 16.4. The van der Waals surface area contributed by atoms with Crippen LogP contribution < -0.4 is 0 Å². The van der Waals surface area contributed by atoms with Gasteiger partial charge >= 0.3 is 5.97 Å². The topological polar surface area (TPSA) is 37.3 Å². The standard InChI is InChI=1S/C13H22O2/c1-13(2,3)11-6-4-5-10(7-8-11)9-12(14)15/h9,11H,4-8H2,1-3H3,(H,14,15)/b10-9+. The van der Waals surface area contributed by atoms with Crippen molar-refractivity contribution < 1.29 is 9.90 Å². The molecule has 2 heteroatoms. The summed E-state index contributed by atoms with van der Waals surface area (Å²) < 4.78 is 0. The fraction of sp³-hybridized carbons (Fsp3) is 0.769. The number of hydrogen-bond donors (Lipinski definition) is 1. The highest BCUT2D eigenvalue weighted by Crippen LogP contribution is 2.38. The molecule has 0 aromatic carbocycles. The number of aliphatic carboxylic acids is 1. The van der Waals surface area contributed by atoms with Crippen LogP contribution in [-0.2, 0) is 4.79 Å². The Bertz CT molecular complexity index is 258. The van der Waals surface area contributed by atoms with Crippen LogP contribution in [0, 0.1) is 11.3 Å². The largest absolute Gasteiger partial charge is 0.478 e. The molecule has 1 aliphatic carbocycles. The van der Waals surface area contributed by atoms with Gasteiger partial charge in [0.1, 0.15) is 0 Å². The zero-order chi connectivity index (χ0) is 11.5. The molecule has 0 radical (unpaired) electrons. The quantitative estimate of drug-likeness (QED) is 0.530. The zero-order valence-corrected chi connectivity index (χ0v) is 10.0. The molecule has 0 aromatic rings. The van der Waals surface area contributed by atoms with Gasteiger partial charge in [0.2, 0.25) is 0 Å². The fourth-order valence-corrected chi connectivity index (χ4v) is 2.39. The van der Waals surface area contributed by atoms with E-state index < -0.39 is 5.97 Å². The van der Waals surface area contributed by atoms with E-state index in [0.717, 1.165) is 37.2 Å². The third kappa shape index (κ3) is 4.06. The summed E-state index contributed by atoms with van der Waals surface area (Å²) >= 11 is 0. The van der Waals surface area contributed by atoms with Crippen molar-refractivity contribution in [2.45, 2.75) is 52.9 Å². The first-order chi connectivity index (χ1) is 6.89. The molecule has 0 heterocycles. The molecule has 0 amide bonds. The molecule has 1 rings (SSSR count). The van der Waals surface area contributed by atoms with Crippen LogP contribution in [0.2, 0.25) is 0 Å². The molecule has 1 fully saturated rings. The molecule has 1 saturated carbocycles. The average molecular weight is 210 g/mol. The van der Waals surface area contributed by atoms with Crippen LogP contribution in [0.3, 0.4) is 0 Å². The smallest absolute Gasteiger partial charge is 0.328 e. The van der Waals surface area contributed by atoms with Gasteiger partial charge in [-0.25, -0.2) is 4.79 Å². The number of carboxylic acid groups (broad SMARTS) is 1. The minimum Gasteiger partial charge on any atom is -0.478 e. The molecule has 0 bridgehead atoms. The third-order valence-corrected chi connectivity index (χ3v) is 3.42. The van der Waals surface area contributed by atoms with E-state index in [1.54, 1.807) is 0 Å². The summed E-state index contributed by atoms with van der Waals surface area (Å²) in [5, 5.41) is 8.71. The number of carboxylic acids is 1. The highest BCUT2D eigenvalue weighted by molar-refractivity contribution is 5.80. The van der Waals surface area contributed by atoms with Crippen molar-refractivity contribution in [3.63, 3.8) is 0 Å². The van der Waals surface area contributed by atoms with E-state index in [9.17, 15) is 4.79 Å². The number of rotatable bonds is 1. The lowest BCUT2D eigenvalue weighted by molar-refractivity contribution is -0.131. The second-order valence-corrected chi connectivity index (χ2v) is 5.63. The van der Waals surface area contributed by atoms with E-state index in [1.165, 1.54) is 12.5 Å². The van der Waals surface area contributed by atoms with Gasteiger partial charge in [-0.2, -0.15) is 0 Å². The van der Waals surface area contributed by atoms with Crippen LogP contribution in [0.1, 0.15) is 52.9 Å². The summed E-state index contributed by atoms with van der Waals surface area (Å²) in [6.07, 6.45) is 6.86. The van der Waals surface area contributed by atoms with E-state index in [4.69, 9.17) is 5.11 Å². The predicted octanol–water partition coefficient (Wildman–Crippen LogP) is 3.62. The Morgan fingerprint density at radius 1 is 1.33 bits per heavy atom. The van der Waals surface area contributed by atoms with Gasteiger partial charge in [0.05, 0.1) is 0 Å². The first-order valence-corrected chi connectivity index (χ1v) is 5.82. The molecule has 0 saturated heterocycles. The lowest BCUT2D eigenvalue weighted by Crippen LogP contribution is -2.19. The molecule has 1 atom stereocenters. The van der Waals surface area contributed by atoms with Gasteiger partial charge in [-0.1, -0.05) is 26.3 Å². The monoisotopic (exact) mass is 210 g/mol. The van der Waals surface area contributed by atoms with Crippen molar-refractivity contribution in [2.75, 3.05) is 0 Å². The van der Waals surface area contributed by atoms with Crippen LogP contribution in [0.15, 0.2) is 11.6 Å². The van der Waals surface area contributed by atoms with Crippen LogP contribution in [0.4, 0.5) is 0 Å². The van der Waals surface area contributed by atoms with E-state index in [1.807, 2.05) is 0 Å². The van der Waals surface area contributed by atoms with Gasteiger partial charge in [-0.05, 0) is 43.4 Å². The molecule has 15 heavy (non-hydrogen) atoms. The average Bonchev–Trinajstić information content (AvgIpc) is 2.27. The van der Waals surface area contributed by atoms with Gasteiger partial charge in [0, 0.05) is 6.08 Å². The maximum Gasteiger partial charge on any atom is 0.328 e. The molecule has 1 unspecified atom stereocenters. The molecule has 86 valence electrons. The molecule has 0 aliphatic heterocycles. The van der Waals surface area contributed by atoms with E-state index in [-0.39, 0.29) is 0 Å². The number of hydrogen-bond acceptors (Lipinski definition) is 1. The summed E-state index contributed by atoms with van der Waals surface area (Å²) in [6.45, 7) is 6.84. The molecule has 1 aliphatic rings. The van der Waals surface area contributed by atoms with Gasteiger partial charge < -0.3 is 5.11 Å². The fourth-order valence-electron chi connectivity index (χ4n) is 2.39. The minimum absolute atomic E-state index is 0.360. The zero-order valence-electron chi connectivity index (χ0n) is 10.0. The lowest BCUT2D eigenvalue weighted by Gasteiger charge is -2.29. The molecule has 2 nitrogen and oxygen atoms in total. The number of carbonyl (C=O) groups is 1. The van der Waals surface area contributed by atoms with E-state index in [0.29, 0.717) is 5.41 Å². The Balaban J connectivity index is 2.60. The van der Waals surface area contributed by atoms with Crippen LogP contribution in [0.25, 0.3) is 0 Å². The first kappa shape index (κ1) is 12.3. The summed E-state index contributed by atoms with van der Waals surface area (Å²) in [5.41, 5.74) is 1.48. The van der Waals surface area contributed by atoms with Crippen molar-refractivity contribution in [3.05, 3.63) is 11.6 Å². The number of allylic oxidation sites excluding steroid dienone is 1. The van der Waals surface area contributed by atoms with Gasteiger partial charge in [-0.3, -0.25) is 0 Å². The van der Waals surface area contributed by atoms with Crippen molar-refractivity contribution >= 4 is 5.97 Å². The minimum atomic E-state index is -0.792. The predicted molar refractivity (Wildman–Crippen MR) is 61.7 cm³/mol. The summed E-state index contributed by atoms with van der Waals surface area (Å²) in [7, 11) is 0. The second-order valence-electron chi connectivity index (χ2n) is 5.63. The molecular weight excluding hydrogens is 188 g/mol. The third-order valence-electron chi connectivity index (χ3n) is 3.42. The van der Waals surface area contributed by atoms with E-state index in [2.05, 4.69) is 20.8 Å². The maximum atomic E-state index is 10.6. The van der Waals surface area contributed by atoms with Crippen molar-refractivity contribution in [1.82, 2.24) is 0 Å². The second kappa shape index (κ2) is 4.82. The van der Waals surface area contributed by atoms with Crippen molar-refractivity contribution in [2.24, 2.45) is 11.3 Å². The van der Waals surface area contributed by atoms with Crippen molar-refractivity contribution in [1.29, 1.82) is 0 Å². The lowest BCUT2D eigenvalue weighted by atomic mass is 9.76. The van der Waals surface area contributed by atoms with Gasteiger partial charge in [-0.15, -0.1) is 0 Å². The highest BCUT2D eigenvalue weighted by Gasteiger charge is 2.26. The van der Waals surface area contributed by atoms with Crippen LogP contribution in [0.5, 0.6) is 0 Å². The Labute approximate surface area is 92.4 Å². The molecular formula is C13H22O2. The van der Waals surface area contributed by atoms with Crippen LogP contribution >= 0.6 is 0 Å². The summed E-state index contributed by atoms with van der Waals surface area (Å²) in [6, 6.07) is 0. The summed E-state index contributed by atoms with van der Waals surface area (Å²) in [5.74, 6) is -0.0589. The van der Waals surface area contributed by atoms with Crippen molar-refractivity contribution in [3.8, 4) is 0 Å². The summed E-state index contributed by atoms with van der Waals surface area (Å²) in [4.78, 5) is 10.6. The Kier molecular flexibility index (Phi) is 3.95. The van der Waals surface area contributed by atoms with Gasteiger partial charge in [0.25, 0.3) is 0 Å². The maximum absolute atomic E-state index is 10.6. The molecule has 1 N–H and O–H groups in total. The van der Waals surface area contributed by atoms with Gasteiger partial charge in [0.15, 0.2) is 0 Å². The SMILES string of the molecule is CC(C)(C)C1CCC/C(=C\C(=O)O)CC1.